The lowest BCUT2D eigenvalue weighted by molar-refractivity contribution is -0.238. The molecule has 0 aromatic carbocycles. The molecular weight excluding hydrogens is 332 g/mol. The van der Waals surface area contributed by atoms with E-state index in [1.54, 1.807) is 6.92 Å². The van der Waals surface area contributed by atoms with Crippen LogP contribution in [0.2, 0.25) is 0 Å². The van der Waals surface area contributed by atoms with Crippen LogP contribution in [0.4, 0.5) is 0 Å². The molecule has 3 aliphatic rings. The molecule has 1 aromatic heterocycles. The minimum atomic E-state index is -0.622. The van der Waals surface area contributed by atoms with Gasteiger partial charge in [-0.3, -0.25) is 4.79 Å². The molecular formula is C21H30O5. The molecule has 0 bridgehead atoms. The summed E-state index contributed by atoms with van der Waals surface area (Å²) in [4.78, 5) is 12.5. The van der Waals surface area contributed by atoms with Crippen molar-refractivity contribution >= 4 is 0 Å². The Morgan fingerprint density at radius 2 is 1.81 bits per heavy atom. The summed E-state index contributed by atoms with van der Waals surface area (Å²) in [7, 11) is 0. The monoisotopic (exact) mass is 362 g/mol. The molecule has 5 heteroatoms. The van der Waals surface area contributed by atoms with E-state index in [0.29, 0.717) is 30.1 Å². The van der Waals surface area contributed by atoms with Crippen LogP contribution in [-0.4, -0.2) is 28.0 Å². The maximum Gasteiger partial charge on any atom is 0.292 e. The zero-order valence-electron chi connectivity index (χ0n) is 16.3. The van der Waals surface area contributed by atoms with E-state index in [1.807, 2.05) is 0 Å². The standard InChI is InChI=1S/C21H30O5/c1-11-8-13(22)12-9-15-20(4,26-18(12)25-11)7-6-14-19(2,3)16(23)10-17(24)21(14,15)5/h8,14-17,23-24H,6-7,9-10H2,1-5H3/t14-,15-,16-,17+,20-,21-/m1/s1. The summed E-state index contributed by atoms with van der Waals surface area (Å²) in [6.45, 7) is 10.2. The Labute approximate surface area is 154 Å². The van der Waals surface area contributed by atoms with Gasteiger partial charge >= 0.3 is 0 Å². The third kappa shape index (κ3) is 2.19. The van der Waals surface area contributed by atoms with E-state index in [2.05, 4.69) is 27.7 Å². The summed E-state index contributed by atoms with van der Waals surface area (Å²) in [5.74, 6) is 1.06. The normalized spacial score (nSPS) is 43.7. The van der Waals surface area contributed by atoms with Gasteiger partial charge in [-0.05, 0) is 44.4 Å². The number of hydrogen-bond acceptors (Lipinski definition) is 5. The molecule has 26 heavy (non-hydrogen) atoms. The smallest absolute Gasteiger partial charge is 0.292 e. The number of ether oxygens (including phenoxy) is 1. The Hall–Kier alpha value is -1.33. The SMILES string of the molecule is Cc1cc(=O)c2c(o1)O[C@]1(C)CC[C@@H]3C(C)(C)[C@H](O)C[C@H](O)[C@@]3(C)[C@@H]1C2. The molecule has 1 aliphatic heterocycles. The van der Waals surface area contributed by atoms with Crippen LogP contribution in [0.25, 0.3) is 0 Å². The Morgan fingerprint density at radius 3 is 2.50 bits per heavy atom. The fourth-order valence-electron chi connectivity index (χ4n) is 6.31. The van der Waals surface area contributed by atoms with Crippen molar-refractivity contribution in [3.8, 4) is 5.95 Å². The highest BCUT2D eigenvalue weighted by atomic mass is 16.6. The summed E-state index contributed by atoms with van der Waals surface area (Å²) in [5.41, 5.74) is -0.670. The van der Waals surface area contributed by atoms with E-state index in [0.717, 1.165) is 12.8 Å². The highest BCUT2D eigenvalue weighted by Crippen LogP contribution is 2.64. The molecule has 144 valence electrons. The van der Waals surface area contributed by atoms with Gasteiger partial charge < -0.3 is 19.4 Å². The number of hydrogen-bond donors (Lipinski definition) is 2. The molecule has 2 saturated carbocycles. The molecule has 0 radical (unpaired) electrons. The van der Waals surface area contributed by atoms with Gasteiger partial charge in [0.1, 0.15) is 11.4 Å². The summed E-state index contributed by atoms with van der Waals surface area (Å²) >= 11 is 0. The number of fused-ring (bicyclic) bond motifs is 4. The van der Waals surface area contributed by atoms with Crippen LogP contribution in [0, 0.1) is 29.6 Å². The summed E-state index contributed by atoms with van der Waals surface area (Å²) < 4.78 is 12.0. The predicted octanol–water partition coefficient (Wildman–Crippen LogP) is 2.83. The molecule has 0 saturated heterocycles. The van der Waals surface area contributed by atoms with Crippen molar-refractivity contribution in [1.29, 1.82) is 0 Å². The molecule has 4 rings (SSSR count). The molecule has 6 atom stereocenters. The van der Waals surface area contributed by atoms with Crippen LogP contribution >= 0.6 is 0 Å². The molecule has 2 aliphatic carbocycles. The Bertz CT molecular complexity index is 796. The zero-order chi connectivity index (χ0) is 19.1. The zero-order valence-corrected chi connectivity index (χ0v) is 16.3. The molecule has 2 N–H and O–H groups in total. The van der Waals surface area contributed by atoms with Gasteiger partial charge in [0.05, 0.1) is 17.8 Å². The molecule has 5 nitrogen and oxygen atoms in total. The second kappa shape index (κ2) is 5.35. The highest BCUT2D eigenvalue weighted by molar-refractivity contribution is 5.31. The Kier molecular flexibility index (Phi) is 3.72. The van der Waals surface area contributed by atoms with Crippen molar-refractivity contribution < 1.29 is 19.4 Å². The summed E-state index contributed by atoms with van der Waals surface area (Å²) in [5, 5.41) is 21.7. The van der Waals surface area contributed by atoms with Gasteiger partial charge in [0.2, 0.25) is 0 Å². The van der Waals surface area contributed by atoms with E-state index in [1.165, 1.54) is 6.07 Å². The summed E-state index contributed by atoms with van der Waals surface area (Å²) in [6.07, 6.45) is 1.45. The van der Waals surface area contributed by atoms with Gasteiger partial charge in [-0.2, -0.15) is 0 Å². The average Bonchev–Trinajstić information content (AvgIpc) is 2.51. The summed E-state index contributed by atoms with van der Waals surface area (Å²) in [6, 6.07) is 1.51. The van der Waals surface area contributed by atoms with E-state index in [9.17, 15) is 15.0 Å². The van der Waals surface area contributed by atoms with Gasteiger partial charge in [-0.15, -0.1) is 0 Å². The fraction of sp³-hybridized carbons (Fsp3) is 0.762. The number of aryl methyl sites for hydroxylation is 1. The van der Waals surface area contributed by atoms with E-state index in [4.69, 9.17) is 9.15 Å². The Balaban J connectivity index is 1.84. The second-order valence-corrected chi connectivity index (χ2v) is 9.70. The second-order valence-electron chi connectivity index (χ2n) is 9.70. The molecule has 0 spiro atoms. The van der Waals surface area contributed by atoms with Gasteiger partial charge in [-0.1, -0.05) is 20.8 Å². The van der Waals surface area contributed by atoms with Crippen LogP contribution in [0.3, 0.4) is 0 Å². The van der Waals surface area contributed by atoms with Crippen molar-refractivity contribution in [2.45, 2.75) is 78.1 Å². The first-order chi connectivity index (χ1) is 12.0. The lowest BCUT2D eigenvalue weighted by Crippen LogP contribution is -2.68. The molecule has 1 aromatic rings. The highest BCUT2D eigenvalue weighted by Gasteiger charge is 2.66. The third-order valence-electron chi connectivity index (χ3n) is 7.96. The van der Waals surface area contributed by atoms with Crippen LogP contribution < -0.4 is 10.2 Å². The minimum Gasteiger partial charge on any atom is -0.458 e. The lowest BCUT2D eigenvalue weighted by atomic mass is 9.43. The first kappa shape index (κ1) is 18.1. The Morgan fingerprint density at radius 1 is 1.12 bits per heavy atom. The van der Waals surface area contributed by atoms with Crippen molar-refractivity contribution in [2.75, 3.05) is 0 Å². The first-order valence-electron chi connectivity index (χ1n) is 9.69. The van der Waals surface area contributed by atoms with Gasteiger partial charge in [0.25, 0.3) is 5.95 Å². The van der Waals surface area contributed by atoms with E-state index < -0.39 is 23.2 Å². The first-order valence-corrected chi connectivity index (χ1v) is 9.69. The van der Waals surface area contributed by atoms with Gasteiger partial charge in [-0.25, -0.2) is 0 Å². The van der Waals surface area contributed by atoms with E-state index in [-0.39, 0.29) is 22.7 Å². The minimum absolute atomic E-state index is 0.00590. The van der Waals surface area contributed by atoms with Crippen molar-refractivity contribution in [3.63, 3.8) is 0 Å². The fourth-order valence-corrected chi connectivity index (χ4v) is 6.31. The van der Waals surface area contributed by atoms with Gasteiger partial charge in [0, 0.05) is 23.8 Å². The van der Waals surface area contributed by atoms with Crippen LogP contribution in [-0.2, 0) is 6.42 Å². The third-order valence-corrected chi connectivity index (χ3v) is 7.96. The average molecular weight is 362 g/mol. The topological polar surface area (TPSA) is 79.9 Å². The van der Waals surface area contributed by atoms with Crippen molar-refractivity contribution in [2.24, 2.45) is 22.7 Å². The maximum atomic E-state index is 12.5. The van der Waals surface area contributed by atoms with Crippen LogP contribution in [0.5, 0.6) is 5.95 Å². The number of aliphatic hydroxyl groups excluding tert-OH is 2. The lowest BCUT2D eigenvalue weighted by Gasteiger charge is -2.65. The predicted molar refractivity (Wildman–Crippen MR) is 97.2 cm³/mol. The van der Waals surface area contributed by atoms with Gasteiger partial charge in [0.15, 0.2) is 5.43 Å². The largest absolute Gasteiger partial charge is 0.458 e. The van der Waals surface area contributed by atoms with Crippen molar-refractivity contribution in [1.82, 2.24) is 0 Å². The quantitative estimate of drug-likeness (QED) is 0.742. The number of aliphatic hydroxyl groups is 2. The van der Waals surface area contributed by atoms with E-state index >= 15 is 0 Å². The molecule has 0 amide bonds. The maximum absolute atomic E-state index is 12.5. The molecule has 2 fully saturated rings. The molecule has 0 unspecified atom stereocenters. The van der Waals surface area contributed by atoms with Crippen LogP contribution in [0.15, 0.2) is 15.3 Å². The molecule has 2 heterocycles. The van der Waals surface area contributed by atoms with Crippen molar-refractivity contribution in [3.05, 3.63) is 27.6 Å². The van der Waals surface area contributed by atoms with Crippen LogP contribution in [0.1, 0.15) is 58.3 Å². The number of rotatable bonds is 0.